The zero-order valence-electron chi connectivity index (χ0n) is 8.42. The molecule has 0 saturated carbocycles. The van der Waals surface area contributed by atoms with Crippen LogP contribution in [0.3, 0.4) is 0 Å². The van der Waals surface area contributed by atoms with Crippen LogP contribution in [0.25, 0.3) is 0 Å². The van der Waals surface area contributed by atoms with Gasteiger partial charge in [-0.1, -0.05) is 53.8 Å². The Kier molecular flexibility index (Phi) is 5.15. The second kappa shape index (κ2) is 6.16. The highest BCUT2D eigenvalue weighted by Gasteiger charge is 2.05. The molecule has 0 aliphatic carbocycles. The van der Waals surface area contributed by atoms with Gasteiger partial charge in [-0.05, 0) is 18.6 Å². The highest BCUT2D eigenvalue weighted by molar-refractivity contribution is 8.23. The van der Waals surface area contributed by atoms with Crippen molar-refractivity contribution in [3.63, 3.8) is 0 Å². The molecule has 80 valence electrons. The number of halogens is 1. The molecule has 0 saturated heterocycles. The van der Waals surface area contributed by atoms with Crippen LogP contribution in [0.1, 0.15) is 5.56 Å². The highest BCUT2D eigenvalue weighted by Crippen LogP contribution is 2.26. The third kappa shape index (κ3) is 3.86. The van der Waals surface area contributed by atoms with Crippen LogP contribution in [0, 0.1) is 6.92 Å². The van der Waals surface area contributed by atoms with E-state index >= 15 is 0 Å². The van der Waals surface area contributed by atoms with Gasteiger partial charge in [0.25, 0.3) is 0 Å². The number of aryl methyl sites for hydroxylation is 1. The number of hydrogen-bond acceptors (Lipinski definition) is 2. The van der Waals surface area contributed by atoms with Gasteiger partial charge in [-0.25, -0.2) is 0 Å². The molecular weight excluding hydrogens is 246 g/mol. The number of hydrogen-bond donors (Lipinski definition) is 1. The lowest BCUT2D eigenvalue weighted by atomic mass is 10.2. The van der Waals surface area contributed by atoms with Crippen LogP contribution >= 0.6 is 35.6 Å². The minimum Gasteiger partial charge on any atom is -0.340 e. The number of rotatable bonds is 3. The fourth-order valence-corrected chi connectivity index (χ4v) is 2.08. The summed E-state index contributed by atoms with van der Waals surface area (Å²) < 4.78 is 0.714. The van der Waals surface area contributed by atoms with Crippen LogP contribution < -0.4 is 5.32 Å². The maximum absolute atomic E-state index is 6.06. The van der Waals surface area contributed by atoms with Gasteiger partial charge in [0.2, 0.25) is 0 Å². The number of anilines is 1. The molecular formula is C11H12ClNS2. The van der Waals surface area contributed by atoms with E-state index in [1.165, 1.54) is 11.8 Å². The van der Waals surface area contributed by atoms with E-state index in [4.69, 9.17) is 23.8 Å². The van der Waals surface area contributed by atoms with E-state index in [9.17, 15) is 0 Å². The smallest absolute Gasteiger partial charge is 0.138 e. The minimum absolute atomic E-state index is 0.691. The van der Waals surface area contributed by atoms with Gasteiger partial charge in [-0.2, -0.15) is 0 Å². The normalized spacial score (nSPS) is 9.73. The van der Waals surface area contributed by atoms with E-state index in [-0.39, 0.29) is 0 Å². The maximum Gasteiger partial charge on any atom is 0.138 e. The topological polar surface area (TPSA) is 12.0 Å². The van der Waals surface area contributed by atoms with Gasteiger partial charge in [0.1, 0.15) is 4.32 Å². The van der Waals surface area contributed by atoms with E-state index in [0.717, 1.165) is 17.0 Å². The molecule has 4 heteroatoms. The first-order chi connectivity index (χ1) is 7.15. The summed E-state index contributed by atoms with van der Waals surface area (Å²) in [7, 11) is 0. The lowest BCUT2D eigenvalue weighted by Gasteiger charge is -2.11. The molecule has 1 rings (SSSR count). The van der Waals surface area contributed by atoms with Crippen LogP contribution in [-0.4, -0.2) is 10.1 Å². The molecule has 0 spiro atoms. The Morgan fingerprint density at radius 2 is 2.40 bits per heavy atom. The fourth-order valence-electron chi connectivity index (χ4n) is 1.06. The summed E-state index contributed by atoms with van der Waals surface area (Å²) in [6.07, 6.45) is 1.82. The summed E-state index contributed by atoms with van der Waals surface area (Å²) in [4.78, 5) is 0. The molecule has 1 aromatic rings. The van der Waals surface area contributed by atoms with E-state index in [1.807, 2.05) is 31.2 Å². The molecule has 0 heterocycles. The van der Waals surface area contributed by atoms with Crippen molar-refractivity contribution in [2.45, 2.75) is 6.92 Å². The van der Waals surface area contributed by atoms with E-state index < -0.39 is 0 Å². The van der Waals surface area contributed by atoms with Crippen LogP contribution in [0.2, 0.25) is 5.02 Å². The highest BCUT2D eigenvalue weighted by atomic mass is 35.5. The predicted octanol–water partition coefficient (Wildman–Crippen LogP) is 4.26. The number of para-hydroxylation sites is 1. The molecule has 0 fully saturated rings. The first kappa shape index (κ1) is 12.6. The predicted molar refractivity (Wildman–Crippen MR) is 75.1 cm³/mol. The Morgan fingerprint density at radius 1 is 1.67 bits per heavy atom. The second-order valence-electron chi connectivity index (χ2n) is 2.94. The number of thioether (sulfide) groups is 1. The van der Waals surface area contributed by atoms with Crippen molar-refractivity contribution < 1.29 is 0 Å². The van der Waals surface area contributed by atoms with Gasteiger partial charge < -0.3 is 5.32 Å². The average molecular weight is 258 g/mol. The van der Waals surface area contributed by atoms with Gasteiger partial charge in [-0.3, -0.25) is 0 Å². The Labute approximate surface area is 105 Å². The fraction of sp³-hybridized carbons (Fsp3) is 0.182. The van der Waals surface area contributed by atoms with Gasteiger partial charge in [0.05, 0.1) is 10.7 Å². The Bertz CT molecular complexity index is 357. The first-order valence-corrected chi connectivity index (χ1v) is 6.22. The van der Waals surface area contributed by atoms with Crippen LogP contribution in [0.15, 0.2) is 30.9 Å². The summed E-state index contributed by atoms with van der Waals surface area (Å²) in [6.45, 7) is 5.64. The summed E-state index contributed by atoms with van der Waals surface area (Å²) in [5.74, 6) is 0.801. The van der Waals surface area contributed by atoms with Crippen LogP contribution in [0.4, 0.5) is 5.69 Å². The zero-order chi connectivity index (χ0) is 11.3. The monoisotopic (exact) mass is 257 g/mol. The molecule has 0 atom stereocenters. The molecule has 0 aliphatic rings. The van der Waals surface area contributed by atoms with E-state index in [1.54, 1.807) is 0 Å². The van der Waals surface area contributed by atoms with Gasteiger partial charge in [0, 0.05) is 5.75 Å². The zero-order valence-corrected chi connectivity index (χ0v) is 10.8. The third-order valence-corrected chi connectivity index (χ3v) is 3.32. The first-order valence-electron chi connectivity index (χ1n) is 4.45. The van der Waals surface area contributed by atoms with Crippen molar-refractivity contribution >= 4 is 45.6 Å². The van der Waals surface area contributed by atoms with Crippen LogP contribution in [0.5, 0.6) is 0 Å². The minimum atomic E-state index is 0.691. The van der Waals surface area contributed by atoms with Gasteiger partial charge in [0.15, 0.2) is 0 Å². The van der Waals surface area contributed by atoms with E-state index in [0.29, 0.717) is 9.34 Å². The van der Waals surface area contributed by atoms with Crippen molar-refractivity contribution in [3.05, 3.63) is 41.4 Å². The van der Waals surface area contributed by atoms with E-state index in [2.05, 4.69) is 11.9 Å². The second-order valence-corrected chi connectivity index (χ2v) is 5.05. The number of thiocarbonyl (C=S) groups is 1. The molecule has 0 aliphatic heterocycles. The maximum atomic E-state index is 6.06. The molecule has 0 amide bonds. The molecule has 1 aromatic carbocycles. The third-order valence-electron chi connectivity index (χ3n) is 1.78. The Hall–Kier alpha value is -0.510. The lowest BCUT2D eigenvalue weighted by molar-refractivity contribution is 1.46. The van der Waals surface area contributed by atoms with Crippen molar-refractivity contribution in [3.8, 4) is 0 Å². The van der Waals surface area contributed by atoms with Crippen molar-refractivity contribution in [2.24, 2.45) is 0 Å². The standard InChI is InChI=1S/C11H12ClNS2/c1-3-7-15-11(14)13-10-8(2)5-4-6-9(10)12/h3-6H,1,7H2,2H3,(H,13,14). The van der Waals surface area contributed by atoms with Gasteiger partial charge >= 0.3 is 0 Å². The summed E-state index contributed by atoms with van der Waals surface area (Å²) in [5, 5.41) is 3.82. The molecule has 1 N–H and O–H groups in total. The molecule has 15 heavy (non-hydrogen) atoms. The van der Waals surface area contributed by atoms with Crippen molar-refractivity contribution in [2.75, 3.05) is 11.1 Å². The molecule has 1 nitrogen and oxygen atoms in total. The summed E-state index contributed by atoms with van der Waals surface area (Å²) in [5.41, 5.74) is 1.98. The molecule has 0 radical (unpaired) electrons. The Balaban J connectivity index is 2.71. The van der Waals surface area contributed by atoms with Crippen LogP contribution in [-0.2, 0) is 0 Å². The van der Waals surface area contributed by atoms with Gasteiger partial charge in [-0.15, -0.1) is 6.58 Å². The lowest BCUT2D eigenvalue weighted by Crippen LogP contribution is -2.06. The van der Waals surface area contributed by atoms with Crippen molar-refractivity contribution in [1.29, 1.82) is 0 Å². The summed E-state index contributed by atoms with van der Waals surface area (Å²) >= 11 is 12.8. The quantitative estimate of drug-likeness (QED) is 0.642. The van der Waals surface area contributed by atoms with Crippen molar-refractivity contribution in [1.82, 2.24) is 0 Å². The molecule has 0 unspecified atom stereocenters. The number of nitrogens with one attached hydrogen (secondary N) is 1. The molecule has 0 aromatic heterocycles. The largest absolute Gasteiger partial charge is 0.340 e. The average Bonchev–Trinajstić information content (AvgIpc) is 2.21. The molecule has 0 bridgehead atoms. The Morgan fingerprint density at radius 3 is 3.00 bits per heavy atom. The number of benzene rings is 1. The summed E-state index contributed by atoms with van der Waals surface area (Å²) in [6, 6.07) is 5.76. The SMILES string of the molecule is C=CCSC(=S)Nc1c(C)cccc1Cl.